The minimum Gasteiger partial charge on any atom is -0.497 e. The van der Waals surface area contributed by atoms with Crippen LogP contribution in [0.5, 0.6) is 11.5 Å². The van der Waals surface area contributed by atoms with Crippen LogP contribution in [-0.4, -0.2) is 62.4 Å². The number of aliphatic hydroxyl groups excluding tert-OH is 1. The van der Waals surface area contributed by atoms with Gasteiger partial charge in [0.15, 0.2) is 5.96 Å². The highest BCUT2D eigenvalue weighted by atomic mass is 19.1. The second kappa shape index (κ2) is 11.7. The Morgan fingerprint density at radius 3 is 2.50 bits per heavy atom. The number of benzene rings is 2. The summed E-state index contributed by atoms with van der Waals surface area (Å²) in [5.74, 6) is 1.92. The van der Waals surface area contributed by atoms with Crippen LogP contribution in [0, 0.1) is 5.82 Å². The fraction of sp³-hybridized carbons (Fsp3) is 0.458. The van der Waals surface area contributed by atoms with E-state index in [1.165, 1.54) is 12.1 Å². The van der Waals surface area contributed by atoms with E-state index in [-0.39, 0.29) is 18.4 Å². The minimum atomic E-state index is -0.783. The number of likely N-dealkylation sites (tertiary alicyclic amines) is 1. The van der Waals surface area contributed by atoms with E-state index in [0.717, 1.165) is 49.7 Å². The fourth-order valence-electron chi connectivity index (χ4n) is 3.79. The van der Waals surface area contributed by atoms with E-state index in [1.54, 1.807) is 26.4 Å². The van der Waals surface area contributed by atoms with E-state index >= 15 is 0 Å². The number of hydrogen-bond acceptors (Lipinski definition) is 5. The number of halogens is 1. The van der Waals surface area contributed by atoms with Gasteiger partial charge in [0, 0.05) is 38.3 Å². The molecule has 2 unspecified atom stereocenters. The predicted molar refractivity (Wildman–Crippen MR) is 124 cm³/mol. The van der Waals surface area contributed by atoms with Gasteiger partial charge in [-0.25, -0.2) is 4.39 Å². The van der Waals surface area contributed by atoms with Crippen molar-refractivity contribution in [3.63, 3.8) is 0 Å². The SMILES string of the molecule is CCNC(=NCC(O)c1ccc(F)cc1)NC1CCN(Cc2cc(OC)cc(OC)c2)C1. The highest BCUT2D eigenvalue weighted by Crippen LogP contribution is 2.24. The number of aliphatic hydroxyl groups is 1. The average molecular weight is 445 g/mol. The molecule has 32 heavy (non-hydrogen) atoms. The van der Waals surface area contributed by atoms with Gasteiger partial charge in [-0.05, 0) is 48.7 Å². The molecule has 3 rings (SSSR count). The molecule has 1 aliphatic rings. The van der Waals surface area contributed by atoms with E-state index in [2.05, 4.69) is 20.5 Å². The second-order valence-electron chi connectivity index (χ2n) is 7.87. The van der Waals surface area contributed by atoms with E-state index < -0.39 is 6.10 Å². The van der Waals surface area contributed by atoms with Crippen molar-refractivity contribution in [2.75, 3.05) is 40.4 Å². The maximum atomic E-state index is 13.1. The zero-order valence-corrected chi connectivity index (χ0v) is 19.0. The van der Waals surface area contributed by atoms with Crippen molar-refractivity contribution < 1.29 is 19.0 Å². The molecule has 0 aromatic heterocycles. The van der Waals surface area contributed by atoms with Crippen molar-refractivity contribution in [2.24, 2.45) is 4.99 Å². The summed E-state index contributed by atoms with van der Waals surface area (Å²) < 4.78 is 23.8. The van der Waals surface area contributed by atoms with E-state index in [4.69, 9.17) is 9.47 Å². The first kappa shape index (κ1) is 23.8. The monoisotopic (exact) mass is 444 g/mol. The molecule has 2 aromatic carbocycles. The molecule has 0 amide bonds. The summed E-state index contributed by atoms with van der Waals surface area (Å²) in [7, 11) is 3.31. The number of guanidine groups is 1. The number of nitrogens with zero attached hydrogens (tertiary/aromatic N) is 2. The summed E-state index contributed by atoms with van der Waals surface area (Å²) in [5.41, 5.74) is 1.79. The summed E-state index contributed by atoms with van der Waals surface area (Å²) in [6.45, 7) is 5.58. The van der Waals surface area contributed by atoms with Gasteiger partial charge in [-0.2, -0.15) is 0 Å². The zero-order chi connectivity index (χ0) is 22.9. The van der Waals surface area contributed by atoms with E-state index in [0.29, 0.717) is 11.5 Å². The molecule has 0 aliphatic carbocycles. The van der Waals surface area contributed by atoms with E-state index in [9.17, 15) is 9.50 Å². The highest BCUT2D eigenvalue weighted by molar-refractivity contribution is 5.80. The van der Waals surface area contributed by atoms with Gasteiger partial charge in [-0.15, -0.1) is 0 Å². The molecule has 7 nitrogen and oxygen atoms in total. The van der Waals surface area contributed by atoms with Gasteiger partial charge >= 0.3 is 0 Å². The number of nitrogens with one attached hydrogen (secondary N) is 2. The van der Waals surface area contributed by atoms with Gasteiger partial charge in [-0.1, -0.05) is 12.1 Å². The Balaban J connectivity index is 1.56. The molecule has 8 heteroatoms. The Kier molecular flexibility index (Phi) is 8.70. The molecule has 0 saturated carbocycles. The Morgan fingerprint density at radius 1 is 1.19 bits per heavy atom. The normalized spacial score (nSPS) is 17.8. The van der Waals surface area contributed by atoms with Crippen LogP contribution in [0.3, 0.4) is 0 Å². The maximum Gasteiger partial charge on any atom is 0.191 e. The second-order valence-corrected chi connectivity index (χ2v) is 7.87. The minimum absolute atomic E-state index is 0.195. The maximum absolute atomic E-state index is 13.1. The molecule has 2 atom stereocenters. The summed E-state index contributed by atoms with van der Waals surface area (Å²) in [5, 5.41) is 17.1. The molecule has 2 aromatic rings. The molecule has 174 valence electrons. The largest absolute Gasteiger partial charge is 0.497 e. The van der Waals surface area contributed by atoms with Crippen LogP contribution in [0.15, 0.2) is 47.5 Å². The van der Waals surface area contributed by atoms with Crippen molar-refractivity contribution in [3.8, 4) is 11.5 Å². The average Bonchev–Trinajstić information content (AvgIpc) is 3.24. The van der Waals surface area contributed by atoms with Crippen LogP contribution in [0.25, 0.3) is 0 Å². The third kappa shape index (κ3) is 6.83. The first-order valence-corrected chi connectivity index (χ1v) is 10.9. The first-order valence-electron chi connectivity index (χ1n) is 10.9. The van der Waals surface area contributed by atoms with Crippen LogP contribution in [0.2, 0.25) is 0 Å². The topological polar surface area (TPSA) is 78.4 Å². The molecule has 3 N–H and O–H groups in total. The quantitative estimate of drug-likeness (QED) is 0.408. The summed E-state index contributed by atoms with van der Waals surface area (Å²) in [6, 6.07) is 12.0. The van der Waals surface area contributed by atoms with Gasteiger partial charge in [0.05, 0.1) is 26.9 Å². The number of methoxy groups -OCH3 is 2. The van der Waals surface area contributed by atoms with Gasteiger partial charge in [0.25, 0.3) is 0 Å². The third-order valence-corrected chi connectivity index (χ3v) is 5.45. The number of hydrogen-bond donors (Lipinski definition) is 3. The predicted octanol–water partition coefficient (Wildman–Crippen LogP) is 2.71. The van der Waals surface area contributed by atoms with Crippen molar-refractivity contribution in [3.05, 3.63) is 59.4 Å². The molecular weight excluding hydrogens is 411 g/mol. The number of ether oxygens (including phenoxy) is 2. The van der Waals surface area contributed by atoms with Crippen molar-refractivity contribution in [1.29, 1.82) is 0 Å². The van der Waals surface area contributed by atoms with Gasteiger partial charge < -0.3 is 25.2 Å². The number of rotatable bonds is 9. The summed E-state index contributed by atoms with van der Waals surface area (Å²) >= 11 is 0. The molecule has 0 bridgehead atoms. The molecular formula is C24H33FN4O3. The molecule has 0 radical (unpaired) electrons. The standard InChI is InChI=1S/C24H33FN4O3/c1-4-26-24(27-14-23(30)18-5-7-19(25)8-6-18)28-20-9-10-29(16-20)15-17-11-21(31-2)13-22(12-17)32-3/h5-8,11-13,20,23,30H,4,9-10,14-16H2,1-3H3,(H2,26,27,28). The number of aliphatic imine (C=N–C) groups is 1. The molecule has 1 fully saturated rings. The lowest BCUT2D eigenvalue weighted by Crippen LogP contribution is -2.44. The zero-order valence-electron chi connectivity index (χ0n) is 19.0. The molecule has 1 heterocycles. The first-order chi connectivity index (χ1) is 15.5. The Morgan fingerprint density at radius 2 is 1.88 bits per heavy atom. The van der Waals surface area contributed by atoms with Crippen molar-refractivity contribution in [2.45, 2.75) is 32.0 Å². The van der Waals surface area contributed by atoms with Crippen molar-refractivity contribution in [1.82, 2.24) is 15.5 Å². The lowest BCUT2D eigenvalue weighted by atomic mass is 10.1. The van der Waals surface area contributed by atoms with Crippen LogP contribution in [-0.2, 0) is 6.54 Å². The molecule has 1 aliphatic heterocycles. The summed E-state index contributed by atoms with van der Waals surface area (Å²) in [4.78, 5) is 6.91. The van der Waals surface area contributed by atoms with Crippen LogP contribution in [0.1, 0.15) is 30.6 Å². The smallest absolute Gasteiger partial charge is 0.191 e. The lowest BCUT2D eigenvalue weighted by Gasteiger charge is -2.20. The molecule has 1 saturated heterocycles. The van der Waals surface area contributed by atoms with Crippen LogP contribution < -0.4 is 20.1 Å². The lowest BCUT2D eigenvalue weighted by molar-refractivity contribution is 0.187. The highest BCUT2D eigenvalue weighted by Gasteiger charge is 2.23. The van der Waals surface area contributed by atoms with E-state index in [1.807, 2.05) is 25.1 Å². The van der Waals surface area contributed by atoms with Gasteiger partial charge in [-0.3, -0.25) is 9.89 Å². The van der Waals surface area contributed by atoms with Gasteiger partial charge in [0.2, 0.25) is 0 Å². The molecule has 0 spiro atoms. The Hall–Kier alpha value is -2.84. The fourth-order valence-corrected chi connectivity index (χ4v) is 3.79. The van der Waals surface area contributed by atoms with Crippen molar-refractivity contribution >= 4 is 5.96 Å². The summed E-state index contributed by atoms with van der Waals surface area (Å²) in [6.07, 6.45) is 0.209. The van der Waals surface area contributed by atoms with Crippen LogP contribution >= 0.6 is 0 Å². The Labute approximate surface area is 189 Å². The Bertz CT molecular complexity index is 869. The third-order valence-electron chi connectivity index (χ3n) is 5.45. The van der Waals surface area contributed by atoms with Crippen LogP contribution in [0.4, 0.5) is 4.39 Å². The van der Waals surface area contributed by atoms with Gasteiger partial charge in [0.1, 0.15) is 17.3 Å².